The van der Waals surface area contributed by atoms with Crippen LogP contribution >= 0.6 is 0 Å². The van der Waals surface area contributed by atoms with E-state index in [0.717, 1.165) is 44.0 Å². The predicted molar refractivity (Wildman–Crippen MR) is 99.9 cm³/mol. The van der Waals surface area contributed by atoms with Crippen molar-refractivity contribution >= 4 is 17.3 Å². The highest BCUT2D eigenvalue weighted by Gasteiger charge is 2.30. The van der Waals surface area contributed by atoms with Gasteiger partial charge in [0, 0.05) is 26.2 Å². The van der Waals surface area contributed by atoms with Crippen LogP contribution in [0.15, 0.2) is 48.5 Å². The molecule has 1 N–H and O–H groups in total. The van der Waals surface area contributed by atoms with Gasteiger partial charge in [-0.05, 0) is 30.8 Å². The van der Waals surface area contributed by atoms with E-state index >= 15 is 0 Å². The number of likely N-dealkylation sites (N-methyl/N-ethyl adjacent to an activating group) is 1. The Balaban J connectivity index is 1.70. The number of anilines is 2. The second-order valence-electron chi connectivity index (χ2n) is 6.73. The zero-order chi connectivity index (χ0) is 19.4. The smallest absolute Gasteiger partial charge is 0.367 e. The molecule has 0 aromatic heterocycles. The minimum Gasteiger partial charge on any atom is -0.367 e. The number of rotatable bonds is 4. The lowest BCUT2D eigenvalue weighted by Gasteiger charge is -2.35. The van der Waals surface area contributed by atoms with Crippen LogP contribution < -0.4 is 10.2 Å². The normalized spacial score (nSPS) is 15.6. The van der Waals surface area contributed by atoms with Gasteiger partial charge in [0.1, 0.15) is 0 Å². The van der Waals surface area contributed by atoms with Gasteiger partial charge in [-0.1, -0.05) is 30.3 Å². The molecule has 1 aliphatic rings. The number of piperazine rings is 1. The summed E-state index contributed by atoms with van der Waals surface area (Å²) >= 11 is 0. The van der Waals surface area contributed by atoms with Crippen molar-refractivity contribution in [2.45, 2.75) is 12.6 Å². The van der Waals surface area contributed by atoms with Crippen molar-refractivity contribution in [3.05, 3.63) is 59.7 Å². The van der Waals surface area contributed by atoms with Crippen LogP contribution in [0.1, 0.15) is 11.1 Å². The number of alkyl halides is 3. The third-order valence-corrected chi connectivity index (χ3v) is 4.64. The number of para-hydroxylation sites is 2. The number of halogens is 3. The Hall–Kier alpha value is -2.54. The summed E-state index contributed by atoms with van der Waals surface area (Å²) in [6, 6.07) is 12.4. The molecule has 3 rings (SSSR count). The SMILES string of the molecule is CN1CCN(c2ccccc2NC(=O)Cc2cccc(C(F)(F)F)c2)CC1. The van der Waals surface area contributed by atoms with E-state index in [1.54, 1.807) is 0 Å². The summed E-state index contributed by atoms with van der Waals surface area (Å²) in [5.41, 5.74) is 1.20. The van der Waals surface area contributed by atoms with Gasteiger partial charge in [0.05, 0.1) is 23.4 Å². The van der Waals surface area contributed by atoms with Crippen molar-refractivity contribution in [1.82, 2.24) is 4.90 Å². The fourth-order valence-electron chi connectivity index (χ4n) is 3.14. The monoisotopic (exact) mass is 377 g/mol. The summed E-state index contributed by atoms with van der Waals surface area (Å²) < 4.78 is 38.5. The first kappa shape index (κ1) is 19.2. The van der Waals surface area contributed by atoms with Gasteiger partial charge in [-0.15, -0.1) is 0 Å². The molecule has 1 aliphatic heterocycles. The first-order valence-electron chi connectivity index (χ1n) is 8.81. The second kappa shape index (κ2) is 8.00. The largest absolute Gasteiger partial charge is 0.416 e. The van der Waals surface area contributed by atoms with E-state index in [4.69, 9.17) is 0 Å². The number of nitrogens with one attached hydrogen (secondary N) is 1. The highest BCUT2D eigenvalue weighted by Crippen LogP contribution is 2.30. The van der Waals surface area contributed by atoms with Gasteiger partial charge in [0.15, 0.2) is 0 Å². The van der Waals surface area contributed by atoms with Gasteiger partial charge in [-0.3, -0.25) is 4.79 Å². The fourth-order valence-corrected chi connectivity index (χ4v) is 3.14. The molecule has 4 nitrogen and oxygen atoms in total. The summed E-state index contributed by atoms with van der Waals surface area (Å²) in [6.45, 7) is 3.59. The summed E-state index contributed by atoms with van der Waals surface area (Å²) in [5, 5.41) is 2.85. The highest BCUT2D eigenvalue weighted by atomic mass is 19.4. The van der Waals surface area contributed by atoms with Crippen LogP contribution in [0.4, 0.5) is 24.5 Å². The minimum atomic E-state index is -4.42. The lowest BCUT2D eigenvalue weighted by atomic mass is 10.1. The van der Waals surface area contributed by atoms with Crippen molar-refractivity contribution in [2.24, 2.45) is 0 Å². The standard InChI is InChI=1S/C20H22F3N3O/c1-25-9-11-26(12-10-25)18-8-3-2-7-17(18)24-19(27)14-15-5-4-6-16(13-15)20(21,22)23/h2-8,13H,9-12,14H2,1H3,(H,24,27). The quantitative estimate of drug-likeness (QED) is 0.884. The zero-order valence-corrected chi connectivity index (χ0v) is 15.1. The Kier molecular flexibility index (Phi) is 5.70. The fraction of sp³-hybridized carbons (Fsp3) is 0.350. The summed E-state index contributed by atoms with van der Waals surface area (Å²) in [6.07, 6.45) is -4.53. The highest BCUT2D eigenvalue weighted by molar-refractivity contribution is 5.95. The third kappa shape index (κ3) is 5.01. The number of benzene rings is 2. The molecule has 1 heterocycles. The molecule has 0 unspecified atom stereocenters. The van der Waals surface area contributed by atoms with E-state index < -0.39 is 11.7 Å². The first-order valence-corrected chi connectivity index (χ1v) is 8.81. The third-order valence-electron chi connectivity index (χ3n) is 4.64. The number of amides is 1. The van der Waals surface area contributed by atoms with Crippen LogP contribution in [-0.4, -0.2) is 44.0 Å². The Bertz CT molecular complexity index is 799. The molecule has 0 saturated carbocycles. The Morgan fingerprint density at radius 1 is 1.04 bits per heavy atom. The Labute approximate surface area is 156 Å². The molecule has 0 bridgehead atoms. The molecule has 0 spiro atoms. The molecule has 0 aliphatic carbocycles. The molecule has 27 heavy (non-hydrogen) atoms. The van der Waals surface area contributed by atoms with Crippen molar-refractivity contribution in [2.75, 3.05) is 43.4 Å². The number of hydrogen-bond donors (Lipinski definition) is 1. The molecule has 1 fully saturated rings. The molecule has 0 atom stereocenters. The summed E-state index contributed by atoms with van der Waals surface area (Å²) in [7, 11) is 2.07. The average Bonchev–Trinajstić information content (AvgIpc) is 2.62. The van der Waals surface area contributed by atoms with E-state index in [1.165, 1.54) is 12.1 Å². The molecule has 2 aromatic rings. The lowest BCUT2D eigenvalue weighted by Crippen LogP contribution is -2.44. The van der Waals surface area contributed by atoms with Crippen molar-refractivity contribution in [1.29, 1.82) is 0 Å². The van der Waals surface area contributed by atoms with Gasteiger partial charge >= 0.3 is 6.18 Å². The van der Waals surface area contributed by atoms with Crippen LogP contribution in [0, 0.1) is 0 Å². The van der Waals surface area contributed by atoms with Crippen molar-refractivity contribution in [3.8, 4) is 0 Å². The second-order valence-corrected chi connectivity index (χ2v) is 6.73. The van der Waals surface area contributed by atoms with Crippen molar-refractivity contribution in [3.63, 3.8) is 0 Å². The van der Waals surface area contributed by atoms with Crippen LogP contribution in [-0.2, 0) is 17.4 Å². The number of hydrogen-bond acceptors (Lipinski definition) is 3. The molecule has 1 saturated heterocycles. The van der Waals surface area contributed by atoms with Gasteiger partial charge in [-0.2, -0.15) is 13.2 Å². The van der Waals surface area contributed by atoms with Gasteiger partial charge in [-0.25, -0.2) is 0 Å². The molecule has 2 aromatic carbocycles. The maximum Gasteiger partial charge on any atom is 0.416 e. The minimum absolute atomic E-state index is 0.110. The molecular weight excluding hydrogens is 355 g/mol. The molecule has 0 radical (unpaired) electrons. The maximum atomic E-state index is 12.8. The van der Waals surface area contributed by atoms with Crippen LogP contribution in [0.5, 0.6) is 0 Å². The summed E-state index contributed by atoms with van der Waals surface area (Å²) in [4.78, 5) is 16.9. The molecule has 1 amide bonds. The van der Waals surface area contributed by atoms with Crippen LogP contribution in [0.2, 0.25) is 0 Å². The predicted octanol–water partition coefficient (Wildman–Crippen LogP) is 3.64. The lowest BCUT2D eigenvalue weighted by molar-refractivity contribution is -0.137. The van der Waals surface area contributed by atoms with E-state index in [-0.39, 0.29) is 12.3 Å². The van der Waals surface area contributed by atoms with E-state index in [0.29, 0.717) is 11.3 Å². The zero-order valence-electron chi connectivity index (χ0n) is 15.1. The Morgan fingerprint density at radius 3 is 2.44 bits per heavy atom. The number of nitrogens with zero attached hydrogens (tertiary/aromatic N) is 2. The Morgan fingerprint density at radius 2 is 1.74 bits per heavy atom. The molecule has 144 valence electrons. The molecule has 7 heteroatoms. The average molecular weight is 377 g/mol. The maximum absolute atomic E-state index is 12.8. The van der Waals surface area contributed by atoms with E-state index in [9.17, 15) is 18.0 Å². The van der Waals surface area contributed by atoms with Gasteiger partial charge in [0.25, 0.3) is 0 Å². The summed E-state index contributed by atoms with van der Waals surface area (Å²) in [5.74, 6) is -0.337. The van der Waals surface area contributed by atoms with Crippen LogP contribution in [0.3, 0.4) is 0 Å². The van der Waals surface area contributed by atoms with E-state index in [1.807, 2.05) is 24.3 Å². The van der Waals surface area contributed by atoms with E-state index in [2.05, 4.69) is 22.2 Å². The molecular formula is C20H22F3N3O. The van der Waals surface area contributed by atoms with Crippen LogP contribution in [0.25, 0.3) is 0 Å². The number of carbonyl (C=O) groups excluding carboxylic acids is 1. The van der Waals surface area contributed by atoms with Gasteiger partial charge < -0.3 is 15.1 Å². The van der Waals surface area contributed by atoms with Crippen molar-refractivity contribution < 1.29 is 18.0 Å². The number of carbonyl (C=O) groups is 1. The van der Waals surface area contributed by atoms with Gasteiger partial charge in [0.2, 0.25) is 5.91 Å². The first-order chi connectivity index (χ1) is 12.8. The topological polar surface area (TPSA) is 35.6 Å².